The molecule has 2 N–H and O–H groups in total. The maximum atomic E-state index is 13.3. The van der Waals surface area contributed by atoms with E-state index in [0.29, 0.717) is 0 Å². The zero-order chi connectivity index (χ0) is 11.8. The second-order valence-corrected chi connectivity index (χ2v) is 5.13. The molecule has 1 saturated carbocycles. The largest absolute Gasteiger partial charge is 0.321 e. The fraction of sp³-hybridized carbons (Fsp3) is 0.538. The summed E-state index contributed by atoms with van der Waals surface area (Å²) in [6.45, 7) is 1.85. The molecule has 0 aliphatic heterocycles. The van der Waals surface area contributed by atoms with Crippen molar-refractivity contribution in [3.8, 4) is 0 Å². The smallest absolute Gasteiger partial charge is 0.142 e. The highest BCUT2D eigenvalue weighted by Crippen LogP contribution is 2.38. The van der Waals surface area contributed by atoms with Crippen LogP contribution in [0.1, 0.15) is 43.2 Å². The third-order valence-corrected chi connectivity index (χ3v) is 4.09. The fourth-order valence-corrected chi connectivity index (χ4v) is 2.81. The van der Waals surface area contributed by atoms with Gasteiger partial charge >= 0.3 is 0 Å². The number of hydrogen-bond donors (Lipinski definition) is 1. The number of rotatable bonds is 1. The molecule has 2 rings (SSSR count). The van der Waals surface area contributed by atoms with E-state index in [1.54, 1.807) is 6.07 Å². The Morgan fingerprint density at radius 3 is 2.50 bits per heavy atom. The molecule has 3 heteroatoms. The van der Waals surface area contributed by atoms with Crippen molar-refractivity contribution in [1.82, 2.24) is 0 Å². The summed E-state index contributed by atoms with van der Waals surface area (Å²) in [5.41, 5.74) is 7.92. The minimum atomic E-state index is -0.359. The van der Waals surface area contributed by atoms with Gasteiger partial charge in [0.1, 0.15) is 5.82 Å². The SMILES string of the molecule is Cc1c(C2(N)CCCCC2)ccc(F)c1Cl. The molecular formula is C13H17ClFN. The molecule has 1 aliphatic rings. The Morgan fingerprint density at radius 2 is 1.88 bits per heavy atom. The van der Waals surface area contributed by atoms with Crippen molar-refractivity contribution in [2.45, 2.75) is 44.6 Å². The fourth-order valence-electron chi connectivity index (χ4n) is 2.64. The van der Waals surface area contributed by atoms with Crippen LogP contribution in [0.5, 0.6) is 0 Å². The summed E-state index contributed by atoms with van der Waals surface area (Å²) in [5, 5.41) is 0.216. The second-order valence-electron chi connectivity index (χ2n) is 4.75. The first kappa shape index (κ1) is 11.9. The van der Waals surface area contributed by atoms with Gasteiger partial charge in [0, 0.05) is 5.54 Å². The van der Waals surface area contributed by atoms with E-state index in [-0.39, 0.29) is 16.4 Å². The molecule has 0 heterocycles. The second kappa shape index (κ2) is 4.34. The summed E-state index contributed by atoms with van der Waals surface area (Å²) in [6, 6.07) is 3.22. The molecule has 0 atom stereocenters. The van der Waals surface area contributed by atoms with Crippen molar-refractivity contribution in [2.75, 3.05) is 0 Å². The Balaban J connectivity index is 2.43. The Kier molecular flexibility index (Phi) is 3.22. The van der Waals surface area contributed by atoms with Gasteiger partial charge in [0.05, 0.1) is 5.02 Å². The molecule has 1 aliphatic carbocycles. The molecule has 0 aromatic heterocycles. The zero-order valence-electron chi connectivity index (χ0n) is 9.52. The van der Waals surface area contributed by atoms with Crippen molar-refractivity contribution >= 4 is 11.6 Å². The summed E-state index contributed by atoms with van der Waals surface area (Å²) in [7, 11) is 0. The van der Waals surface area contributed by atoms with E-state index >= 15 is 0 Å². The molecule has 1 fully saturated rings. The molecule has 0 amide bonds. The van der Waals surface area contributed by atoms with Crippen LogP contribution < -0.4 is 5.73 Å². The molecule has 1 aromatic carbocycles. The quantitative estimate of drug-likeness (QED) is 0.793. The highest BCUT2D eigenvalue weighted by atomic mass is 35.5. The van der Waals surface area contributed by atoms with E-state index < -0.39 is 0 Å². The Hall–Kier alpha value is -0.600. The first-order valence-corrected chi connectivity index (χ1v) is 6.16. The van der Waals surface area contributed by atoms with Crippen molar-refractivity contribution in [3.05, 3.63) is 34.1 Å². The average molecular weight is 242 g/mol. The average Bonchev–Trinajstić information content (AvgIpc) is 2.27. The van der Waals surface area contributed by atoms with Gasteiger partial charge in [-0.3, -0.25) is 0 Å². The van der Waals surface area contributed by atoms with Crippen LogP contribution in [-0.4, -0.2) is 0 Å². The summed E-state index contributed by atoms with van der Waals surface area (Å²) in [5.74, 6) is -0.359. The summed E-state index contributed by atoms with van der Waals surface area (Å²) in [4.78, 5) is 0. The summed E-state index contributed by atoms with van der Waals surface area (Å²) in [6.07, 6.45) is 5.47. The van der Waals surface area contributed by atoms with Gasteiger partial charge in [-0.1, -0.05) is 36.9 Å². The predicted molar refractivity (Wildman–Crippen MR) is 65.1 cm³/mol. The van der Waals surface area contributed by atoms with Crippen molar-refractivity contribution in [1.29, 1.82) is 0 Å². The van der Waals surface area contributed by atoms with E-state index in [1.165, 1.54) is 12.5 Å². The van der Waals surface area contributed by atoms with Crippen molar-refractivity contribution in [3.63, 3.8) is 0 Å². The molecule has 0 saturated heterocycles. The molecule has 0 unspecified atom stereocenters. The highest BCUT2D eigenvalue weighted by molar-refractivity contribution is 6.31. The van der Waals surface area contributed by atoms with Gasteiger partial charge in [0.15, 0.2) is 0 Å². The van der Waals surface area contributed by atoms with Gasteiger partial charge in [-0.25, -0.2) is 4.39 Å². The maximum Gasteiger partial charge on any atom is 0.142 e. The first-order valence-electron chi connectivity index (χ1n) is 5.78. The van der Waals surface area contributed by atoms with Gasteiger partial charge in [-0.2, -0.15) is 0 Å². The Morgan fingerprint density at radius 1 is 1.25 bits per heavy atom. The van der Waals surface area contributed by atoms with Crippen molar-refractivity contribution in [2.24, 2.45) is 5.73 Å². The molecule has 1 nitrogen and oxygen atoms in total. The van der Waals surface area contributed by atoms with Crippen LogP contribution in [0.25, 0.3) is 0 Å². The molecule has 0 bridgehead atoms. The van der Waals surface area contributed by atoms with Gasteiger partial charge in [0.25, 0.3) is 0 Å². The Bertz CT molecular complexity index is 397. The lowest BCUT2D eigenvalue weighted by Crippen LogP contribution is -2.39. The topological polar surface area (TPSA) is 26.0 Å². The molecule has 0 radical (unpaired) electrons. The minimum absolute atomic E-state index is 0.216. The highest BCUT2D eigenvalue weighted by Gasteiger charge is 2.31. The van der Waals surface area contributed by atoms with E-state index in [4.69, 9.17) is 17.3 Å². The van der Waals surface area contributed by atoms with Crippen LogP contribution in [0.2, 0.25) is 5.02 Å². The van der Waals surface area contributed by atoms with Crippen LogP contribution in [0.4, 0.5) is 4.39 Å². The van der Waals surface area contributed by atoms with E-state index in [1.807, 2.05) is 6.92 Å². The number of halogens is 2. The maximum absolute atomic E-state index is 13.3. The van der Waals surface area contributed by atoms with Crippen LogP contribution in [-0.2, 0) is 5.54 Å². The lowest BCUT2D eigenvalue weighted by Gasteiger charge is -2.35. The predicted octanol–water partition coefficient (Wildman–Crippen LogP) is 3.91. The lowest BCUT2D eigenvalue weighted by atomic mass is 9.76. The van der Waals surface area contributed by atoms with E-state index in [9.17, 15) is 4.39 Å². The number of benzene rings is 1. The van der Waals surface area contributed by atoms with Gasteiger partial charge in [0.2, 0.25) is 0 Å². The van der Waals surface area contributed by atoms with Gasteiger partial charge < -0.3 is 5.73 Å². The lowest BCUT2D eigenvalue weighted by molar-refractivity contribution is 0.301. The van der Waals surface area contributed by atoms with Crippen LogP contribution >= 0.6 is 11.6 Å². The summed E-state index contributed by atoms with van der Waals surface area (Å²) < 4.78 is 13.3. The molecule has 0 spiro atoms. The molecule has 1 aromatic rings. The Labute approximate surface area is 101 Å². The van der Waals surface area contributed by atoms with Gasteiger partial charge in [-0.05, 0) is 37.0 Å². The third kappa shape index (κ3) is 1.96. The first-order chi connectivity index (χ1) is 7.54. The molecule has 88 valence electrons. The molecular weight excluding hydrogens is 225 g/mol. The van der Waals surface area contributed by atoms with E-state index in [2.05, 4.69) is 0 Å². The number of hydrogen-bond acceptors (Lipinski definition) is 1. The van der Waals surface area contributed by atoms with E-state index in [0.717, 1.165) is 36.8 Å². The van der Waals surface area contributed by atoms with Crippen LogP contribution in [0.3, 0.4) is 0 Å². The number of nitrogens with two attached hydrogens (primary N) is 1. The monoisotopic (exact) mass is 241 g/mol. The summed E-state index contributed by atoms with van der Waals surface area (Å²) >= 11 is 5.93. The van der Waals surface area contributed by atoms with Crippen molar-refractivity contribution < 1.29 is 4.39 Å². The zero-order valence-corrected chi connectivity index (χ0v) is 10.3. The normalized spacial score (nSPS) is 19.8. The van der Waals surface area contributed by atoms with Crippen LogP contribution in [0, 0.1) is 12.7 Å². The van der Waals surface area contributed by atoms with Crippen LogP contribution in [0.15, 0.2) is 12.1 Å². The van der Waals surface area contributed by atoms with Gasteiger partial charge in [-0.15, -0.1) is 0 Å². The standard InChI is InChI=1S/C13H17ClFN/c1-9-10(5-6-11(15)12(9)14)13(16)7-3-2-4-8-13/h5-6H,2-4,7-8,16H2,1H3. The minimum Gasteiger partial charge on any atom is -0.321 e. The molecule has 16 heavy (non-hydrogen) atoms. The third-order valence-electron chi connectivity index (χ3n) is 3.62.